The molecular formula is C16H23N3O. The molecule has 2 rings (SSSR count). The molecular weight excluding hydrogens is 250 g/mol. The van der Waals surface area contributed by atoms with Crippen LogP contribution in [0, 0.1) is 11.3 Å². The van der Waals surface area contributed by atoms with E-state index in [1.165, 1.54) is 17.5 Å². The van der Waals surface area contributed by atoms with E-state index in [-0.39, 0.29) is 12.6 Å². The fourth-order valence-corrected chi connectivity index (χ4v) is 2.89. The number of hydrogen-bond donors (Lipinski definition) is 2. The minimum atomic E-state index is -0.0408. The molecule has 0 radical (unpaired) electrons. The van der Waals surface area contributed by atoms with Crippen LogP contribution in [-0.2, 0) is 19.3 Å². The monoisotopic (exact) mass is 273 g/mol. The summed E-state index contributed by atoms with van der Waals surface area (Å²) in [6.07, 6.45) is 6.04. The van der Waals surface area contributed by atoms with Gasteiger partial charge in [0.25, 0.3) is 0 Å². The first-order chi connectivity index (χ1) is 9.74. The second kappa shape index (κ2) is 6.71. The lowest BCUT2D eigenvalue weighted by molar-refractivity contribution is 0.271. The minimum absolute atomic E-state index is 0.0408. The maximum Gasteiger partial charge on any atom is 0.144 e. The lowest BCUT2D eigenvalue weighted by atomic mass is 9.87. The average Bonchev–Trinajstić information content (AvgIpc) is 2.51. The molecule has 1 aliphatic rings. The summed E-state index contributed by atoms with van der Waals surface area (Å²) >= 11 is 0. The summed E-state index contributed by atoms with van der Waals surface area (Å²) in [5.74, 6) is 0.658. The number of pyridine rings is 1. The molecule has 4 nitrogen and oxygen atoms in total. The molecule has 0 saturated carbocycles. The van der Waals surface area contributed by atoms with Crippen molar-refractivity contribution in [1.82, 2.24) is 4.98 Å². The molecule has 0 unspecified atom stereocenters. The van der Waals surface area contributed by atoms with E-state index in [1.54, 1.807) is 0 Å². The van der Waals surface area contributed by atoms with Gasteiger partial charge in [0.15, 0.2) is 0 Å². The second-order valence-electron chi connectivity index (χ2n) is 5.34. The maximum atomic E-state index is 9.50. The van der Waals surface area contributed by atoms with Crippen molar-refractivity contribution in [2.24, 2.45) is 0 Å². The van der Waals surface area contributed by atoms with Crippen LogP contribution < -0.4 is 5.32 Å². The van der Waals surface area contributed by atoms with E-state index >= 15 is 0 Å². The topological polar surface area (TPSA) is 68.9 Å². The Bertz CT molecular complexity index is 515. The molecule has 0 aromatic carbocycles. The molecule has 0 amide bonds. The van der Waals surface area contributed by atoms with Crippen LogP contribution in [0.3, 0.4) is 0 Å². The zero-order chi connectivity index (χ0) is 14.5. The number of nitrogens with zero attached hydrogens (tertiary/aromatic N) is 2. The number of aliphatic hydroxyl groups excluding tert-OH is 1. The van der Waals surface area contributed by atoms with E-state index in [4.69, 9.17) is 0 Å². The predicted molar refractivity (Wildman–Crippen MR) is 79.8 cm³/mol. The van der Waals surface area contributed by atoms with Gasteiger partial charge in [0.05, 0.1) is 18.2 Å². The van der Waals surface area contributed by atoms with Crippen molar-refractivity contribution in [3.05, 3.63) is 22.4 Å². The Balaban J connectivity index is 2.48. The first kappa shape index (κ1) is 14.8. The van der Waals surface area contributed by atoms with E-state index < -0.39 is 0 Å². The SMILES string of the molecule is CCc1nc(N[C@@H](CC)CO)c(C#N)c2c1CCCC2. The van der Waals surface area contributed by atoms with E-state index in [1.807, 2.05) is 6.92 Å². The first-order valence-corrected chi connectivity index (χ1v) is 7.57. The summed E-state index contributed by atoms with van der Waals surface area (Å²) in [6, 6.07) is 2.28. The molecule has 1 atom stereocenters. The van der Waals surface area contributed by atoms with Crippen LogP contribution in [0.4, 0.5) is 5.82 Å². The highest BCUT2D eigenvalue weighted by atomic mass is 16.3. The molecule has 0 aliphatic heterocycles. The second-order valence-corrected chi connectivity index (χ2v) is 5.34. The standard InChI is InChI=1S/C16H23N3O/c1-3-11(10-20)18-16-14(9-17)12-7-5-6-8-13(12)15(4-2)19-16/h11,20H,3-8,10H2,1-2H3,(H,18,19)/t11-/m0/s1. The van der Waals surface area contributed by atoms with Crippen LogP contribution in [-0.4, -0.2) is 22.7 Å². The lowest BCUT2D eigenvalue weighted by Crippen LogP contribution is -2.25. The van der Waals surface area contributed by atoms with Gasteiger partial charge in [0, 0.05) is 5.69 Å². The number of nitrogens with one attached hydrogen (secondary N) is 1. The quantitative estimate of drug-likeness (QED) is 0.865. The molecule has 0 bridgehead atoms. The summed E-state index contributed by atoms with van der Waals surface area (Å²) in [4.78, 5) is 4.67. The van der Waals surface area contributed by atoms with Gasteiger partial charge in [-0.25, -0.2) is 4.98 Å². The number of anilines is 1. The number of hydrogen-bond acceptors (Lipinski definition) is 4. The Hall–Kier alpha value is -1.60. The van der Waals surface area contributed by atoms with Crippen LogP contribution >= 0.6 is 0 Å². The Morgan fingerprint density at radius 2 is 2.00 bits per heavy atom. The van der Waals surface area contributed by atoms with Gasteiger partial charge in [-0.2, -0.15) is 5.26 Å². The molecule has 4 heteroatoms. The van der Waals surface area contributed by atoms with Gasteiger partial charge in [-0.05, 0) is 49.7 Å². The van der Waals surface area contributed by atoms with Gasteiger partial charge >= 0.3 is 0 Å². The largest absolute Gasteiger partial charge is 0.394 e. The minimum Gasteiger partial charge on any atom is -0.394 e. The number of aryl methyl sites for hydroxylation is 1. The fourth-order valence-electron chi connectivity index (χ4n) is 2.89. The highest BCUT2D eigenvalue weighted by Crippen LogP contribution is 2.31. The van der Waals surface area contributed by atoms with Gasteiger partial charge in [0.2, 0.25) is 0 Å². The van der Waals surface area contributed by atoms with Gasteiger partial charge in [0.1, 0.15) is 11.9 Å². The number of fused-ring (bicyclic) bond motifs is 1. The Labute approximate surface area is 120 Å². The van der Waals surface area contributed by atoms with Crippen molar-refractivity contribution in [3.63, 3.8) is 0 Å². The van der Waals surface area contributed by atoms with Gasteiger partial charge in [-0.1, -0.05) is 13.8 Å². The van der Waals surface area contributed by atoms with Crippen molar-refractivity contribution in [1.29, 1.82) is 5.26 Å². The summed E-state index contributed by atoms with van der Waals surface area (Å²) in [7, 11) is 0. The van der Waals surface area contributed by atoms with Crippen LogP contribution in [0.2, 0.25) is 0 Å². The van der Waals surface area contributed by atoms with Crippen molar-refractivity contribution in [2.45, 2.75) is 58.4 Å². The van der Waals surface area contributed by atoms with E-state index in [0.29, 0.717) is 11.4 Å². The normalized spacial score (nSPS) is 15.3. The van der Waals surface area contributed by atoms with Crippen LogP contribution in [0.25, 0.3) is 0 Å². The number of aromatic nitrogens is 1. The fraction of sp³-hybridized carbons (Fsp3) is 0.625. The van der Waals surface area contributed by atoms with Crippen molar-refractivity contribution < 1.29 is 5.11 Å². The van der Waals surface area contributed by atoms with Crippen LogP contribution in [0.5, 0.6) is 0 Å². The molecule has 1 aromatic heterocycles. The molecule has 2 N–H and O–H groups in total. The number of rotatable bonds is 5. The Morgan fingerprint density at radius 3 is 2.55 bits per heavy atom. The molecule has 1 aromatic rings. The molecule has 1 heterocycles. The highest BCUT2D eigenvalue weighted by Gasteiger charge is 2.22. The Kier molecular flexibility index (Phi) is 4.97. The van der Waals surface area contributed by atoms with E-state index in [0.717, 1.165) is 37.8 Å². The summed E-state index contributed by atoms with van der Waals surface area (Å²) < 4.78 is 0. The van der Waals surface area contributed by atoms with Crippen molar-refractivity contribution in [3.8, 4) is 6.07 Å². The third-order valence-corrected chi connectivity index (χ3v) is 4.10. The zero-order valence-corrected chi connectivity index (χ0v) is 12.4. The van der Waals surface area contributed by atoms with Crippen molar-refractivity contribution in [2.75, 3.05) is 11.9 Å². The first-order valence-electron chi connectivity index (χ1n) is 7.57. The summed E-state index contributed by atoms with van der Waals surface area (Å²) in [5, 5.41) is 22.1. The third-order valence-electron chi connectivity index (χ3n) is 4.10. The molecule has 108 valence electrons. The van der Waals surface area contributed by atoms with Crippen LogP contribution in [0.1, 0.15) is 55.5 Å². The van der Waals surface area contributed by atoms with Gasteiger partial charge in [-0.15, -0.1) is 0 Å². The highest BCUT2D eigenvalue weighted by molar-refractivity contribution is 5.60. The molecule has 20 heavy (non-hydrogen) atoms. The van der Waals surface area contributed by atoms with E-state index in [2.05, 4.69) is 23.3 Å². The van der Waals surface area contributed by atoms with Crippen LogP contribution in [0.15, 0.2) is 0 Å². The van der Waals surface area contributed by atoms with E-state index in [9.17, 15) is 10.4 Å². The smallest absolute Gasteiger partial charge is 0.144 e. The zero-order valence-electron chi connectivity index (χ0n) is 12.4. The molecule has 0 spiro atoms. The predicted octanol–water partition coefficient (Wildman–Crippen LogP) is 2.58. The Morgan fingerprint density at radius 1 is 1.30 bits per heavy atom. The molecule has 0 saturated heterocycles. The summed E-state index contributed by atoms with van der Waals surface area (Å²) in [5.41, 5.74) is 4.26. The number of aliphatic hydroxyl groups is 1. The third kappa shape index (κ3) is 2.78. The average molecular weight is 273 g/mol. The number of nitriles is 1. The summed E-state index contributed by atoms with van der Waals surface area (Å²) in [6.45, 7) is 4.18. The lowest BCUT2D eigenvalue weighted by Gasteiger charge is -2.24. The van der Waals surface area contributed by atoms with Crippen molar-refractivity contribution >= 4 is 5.82 Å². The van der Waals surface area contributed by atoms with Gasteiger partial charge < -0.3 is 10.4 Å². The maximum absolute atomic E-state index is 9.50. The molecule has 0 fully saturated rings. The molecule has 1 aliphatic carbocycles. The van der Waals surface area contributed by atoms with Gasteiger partial charge in [-0.3, -0.25) is 0 Å².